The molecule has 7 heterocycles. The summed E-state index contributed by atoms with van der Waals surface area (Å²) in [6.45, 7) is 13.8. The first kappa shape index (κ1) is 64.1. The van der Waals surface area contributed by atoms with Crippen molar-refractivity contribution in [2.45, 2.75) is 78.7 Å². The molecule has 12 aromatic rings. The Morgan fingerprint density at radius 3 is 1.27 bits per heavy atom. The molecular formula is C66H65F9N14O2. The fourth-order valence-corrected chi connectivity index (χ4v) is 11.4. The van der Waals surface area contributed by atoms with Crippen molar-refractivity contribution in [2.75, 3.05) is 66.4 Å². The van der Waals surface area contributed by atoms with Crippen molar-refractivity contribution in [2.24, 2.45) is 0 Å². The third-order valence-corrected chi connectivity index (χ3v) is 15.8. The maximum Gasteiger partial charge on any atom is 0.416 e. The fourth-order valence-electron chi connectivity index (χ4n) is 11.4. The van der Waals surface area contributed by atoms with Gasteiger partial charge in [-0.15, -0.1) is 0 Å². The van der Waals surface area contributed by atoms with Crippen molar-refractivity contribution in [1.29, 1.82) is 0 Å². The van der Waals surface area contributed by atoms with Crippen LogP contribution in [0.1, 0.15) is 73.9 Å². The highest BCUT2D eigenvalue weighted by Gasteiger charge is 2.35. The van der Waals surface area contributed by atoms with Gasteiger partial charge in [-0.05, 0) is 130 Å². The predicted octanol–water partition coefficient (Wildman–Crippen LogP) is 14.5. The topological polar surface area (TPSA) is 206 Å². The number of aromatic amines is 1. The summed E-state index contributed by atoms with van der Waals surface area (Å²) in [6, 6.07) is 33.0. The van der Waals surface area contributed by atoms with Crippen LogP contribution in [0.2, 0.25) is 0 Å². The first-order valence-corrected chi connectivity index (χ1v) is 29.4. The van der Waals surface area contributed by atoms with Crippen molar-refractivity contribution >= 4 is 94.9 Å². The second kappa shape index (κ2) is 26.7. The minimum absolute atomic E-state index is 0.0142. The average Bonchev–Trinajstić information content (AvgIpc) is 1.74. The van der Waals surface area contributed by atoms with Crippen molar-refractivity contribution in [3.63, 3.8) is 0 Å². The number of hydrogen-bond donors (Lipinski definition) is 4. The van der Waals surface area contributed by atoms with Crippen LogP contribution in [-0.4, -0.2) is 83.0 Å². The zero-order chi connectivity index (χ0) is 64.9. The largest absolute Gasteiger partial charge is 0.416 e. The van der Waals surface area contributed by atoms with Crippen LogP contribution in [0.25, 0.3) is 65.4 Å². The van der Waals surface area contributed by atoms with Gasteiger partial charge in [-0.2, -0.15) is 49.5 Å². The van der Waals surface area contributed by atoms with E-state index in [1.54, 1.807) is 76.1 Å². The first-order chi connectivity index (χ1) is 43.5. The van der Waals surface area contributed by atoms with Crippen LogP contribution in [-0.2, 0) is 42.9 Å². The van der Waals surface area contributed by atoms with Gasteiger partial charge in [0.05, 0.1) is 49.4 Å². The molecule has 0 atom stereocenters. The number of fused-ring (bicyclic) bond motifs is 9. The van der Waals surface area contributed by atoms with Gasteiger partial charge in [-0.25, -0.2) is 15.0 Å². The molecule has 1 fully saturated rings. The number of benzene rings is 6. The molecule has 0 radical (unpaired) electrons. The molecule has 6 aromatic heterocycles. The highest BCUT2D eigenvalue weighted by atomic mass is 19.4. The lowest BCUT2D eigenvalue weighted by Gasteiger charge is -2.25. The molecule has 0 bridgehead atoms. The number of halogens is 9. The fraction of sp³-hybridized carbons (Fsp3) is 0.273. The molecule has 0 saturated carbocycles. The number of nitrogen functional groups attached to an aromatic ring is 3. The number of aromatic nitrogens is 9. The van der Waals surface area contributed by atoms with E-state index in [1.807, 2.05) is 29.0 Å². The van der Waals surface area contributed by atoms with Gasteiger partial charge < -0.3 is 45.4 Å². The zero-order valence-corrected chi connectivity index (χ0v) is 50.1. The van der Waals surface area contributed by atoms with Crippen LogP contribution in [0.5, 0.6) is 0 Å². The summed E-state index contributed by atoms with van der Waals surface area (Å²) in [5.74, 6) is 1.88. The standard InChI is InChI=1S/C26H30F3N5.C18H14F3N5.C18H13F3N4O.C4H8O/c1-5-32(6-2)24-23-19-15-16-34(17-18-11-9-10-12-20(18)26(27,28)29)22(19)14-13-21(23)30-25(31-24)33(7-3)8-4;19-18(20,21)12-4-2-1-3-10(12)9-26-8-7-11-14(26)6-5-13-15(11)16(22)25-17(23)24-13;19-18(20,21)12-4-2-1-3-10(12)9-25-8-7-11-14(25)6-5-13-15(11)16(26)24-17(22)23-13;1-2-4-5-3-1/h9-16H,5-8,17H2,1-4H3;1-8H,9H2,(H4,22,23,24,25);1-8H,9H2,(H3,22,23,24,26);1-4H2. The first-order valence-electron chi connectivity index (χ1n) is 29.4. The van der Waals surface area contributed by atoms with Crippen LogP contribution in [0.4, 0.5) is 69.0 Å². The molecule has 91 heavy (non-hydrogen) atoms. The number of nitrogens with one attached hydrogen (secondary N) is 1. The van der Waals surface area contributed by atoms with Gasteiger partial charge in [0.1, 0.15) is 11.6 Å². The Labute approximate surface area is 515 Å². The summed E-state index contributed by atoms with van der Waals surface area (Å²) in [5, 5.41) is 4.25. The summed E-state index contributed by atoms with van der Waals surface area (Å²) < 4.78 is 130. The van der Waals surface area contributed by atoms with E-state index in [0.717, 1.165) is 96.1 Å². The maximum absolute atomic E-state index is 13.5. The number of rotatable bonds is 12. The zero-order valence-electron chi connectivity index (χ0n) is 50.1. The normalized spacial score (nSPS) is 12.7. The summed E-state index contributed by atoms with van der Waals surface area (Å²) >= 11 is 0. The van der Waals surface area contributed by atoms with Gasteiger partial charge in [0, 0.05) is 110 Å². The molecule has 6 aromatic carbocycles. The number of anilines is 5. The average molecular weight is 1260 g/mol. The molecular weight excluding hydrogens is 1190 g/mol. The predicted molar refractivity (Wildman–Crippen MR) is 340 cm³/mol. The third kappa shape index (κ3) is 13.8. The summed E-state index contributed by atoms with van der Waals surface area (Å²) in [4.78, 5) is 41.0. The van der Waals surface area contributed by atoms with Gasteiger partial charge in [0.25, 0.3) is 5.56 Å². The van der Waals surface area contributed by atoms with Crippen LogP contribution >= 0.6 is 0 Å². The minimum Gasteiger partial charge on any atom is -0.383 e. The highest BCUT2D eigenvalue weighted by molar-refractivity contribution is 6.12. The second-order valence-electron chi connectivity index (χ2n) is 21.4. The minimum atomic E-state index is -4.43. The van der Waals surface area contributed by atoms with Crippen molar-refractivity contribution < 1.29 is 44.3 Å². The number of alkyl halides is 9. The molecule has 0 amide bonds. The second-order valence-corrected chi connectivity index (χ2v) is 21.4. The summed E-state index contributed by atoms with van der Waals surface area (Å²) in [7, 11) is 0. The van der Waals surface area contributed by atoms with Crippen LogP contribution in [0, 0.1) is 0 Å². The molecule has 0 unspecified atom stereocenters. The van der Waals surface area contributed by atoms with Gasteiger partial charge in [0.15, 0.2) is 0 Å². The van der Waals surface area contributed by atoms with Crippen LogP contribution in [0.3, 0.4) is 0 Å². The molecule has 474 valence electrons. The van der Waals surface area contributed by atoms with Gasteiger partial charge >= 0.3 is 18.5 Å². The van der Waals surface area contributed by atoms with E-state index >= 15 is 0 Å². The summed E-state index contributed by atoms with van der Waals surface area (Å²) in [5.41, 5.74) is 19.6. The molecule has 13 rings (SSSR count). The molecule has 1 aliphatic rings. The number of nitrogens with zero attached hydrogens (tertiary/aromatic N) is 10. The van der Waals surface area contributed by atoms with Gasteiger partial charge in [-0.1, -0.05) is 54.6 Å². The van der Waals surface area contributed by atoms with E-state index in [1.165, 1.54) is 49.2 Å². The molecule has 25 heteroatoms. The number of hydrogen-bond acceptors (Lipinski definition) is 12. The molecule has 16 nitrogen and oxygen atoms in total. The molecule has 0 aliphatic carbocycles. The van der Waals surface area contributed by atoms with E-state index in [2.05, 4.69) is 57.4 Å². The van der Waals surface area contributed by atoms with Crippen LogP contribution in [0.15, 0.2) is 151 Å². The lowest BCUT2D eigenvalue weighted by molar-refractivity contribution is -0.139. The molecule has 7 N–H and O–H groups in total. The third-order valence-electron chi connectivity index (χ3n) is 15.8. The van der Waals surface area contributed by atoms with Crippen molar-refractivity contribution in [3.8, 4) is 0 Å². The SMILES string of the molecule is C1CCOC1.CCN(CC)c1nc(N(CC)CC)c2c(ccc3c2ccn3Cc2ccccc2C(F)(F)F)n1.Nc1nc(N)c2c(ccc3c2ccn3Cc2ccccc2C(F)(F)F)n1.Nc1nc2ccc3c(ccn3Cc3ccccc3C(F)(F)F)c2c(=O)[nH]1. The van der Waals surface area contributed by atoms with Crippen molar-refractivity contribution in [1.82, 2.24) is 43.6 Å². The monoisotopic (exact) mass is 1260 g/mol. The van der Waals surface area contributed by atoms with Crippen LogP contribution < -0.4 is 32.6 Å². The molecule has 0 spiro atoms. The van der Waals surface area contributed by atoms with Crippen molar-refractivity contribution in [3.05, 3.63) is 190 Å². The lowest BCUT2D eigenvalue weighted by atomic mass is 10.1. The Hall–Kier alpha value is -9.91. The van der Waals surface area contributed by atoms with E-state index in [4.69, 9.17) is 31.9 Å². The summed E-state index contributed by atoms with van der Waals surface area (Å²) in [6.07, 6.45) is -5.43. The van der Waals surface area contributed by atoms with E-state index in [-0.39, 0.29) is 59.6 Å². The van der Waals surface area contributed by atoms with Gasteiger partial charge in [0.2, 0.25) is 17.8 Å². The Kier molecular flexibility index (Phi) is 18.8. The molecule has 1 aliphatic heterocycles. The Morgan fingerprint density at radius 2 is 0.868 bits per heavy atom. The highest BCUT2D eigenvalue weighted by Crippen LogP contribution is 2.39. The quantitative estimate of drug-likeness (QED) is 0.0843. The Morgan fingerprint density at radius 1 is 0.473 bits per heavy atom. The number of nitrogens with two attached hydrogens (primary N) is 3. The Bertz CT molecular complexity index is 4610. The molecule has 1 saturated heterocycles. The maximum atomic E-state index is 13.5. The smallest absolute Gasteiger partial charge is 0.383 e. The van der Waals surface area contributed by atoms with Gasteiger partial charge in [-0.3, -0.25) is 9.78 Å². The van der Waals surface area contributed by atoms with E-state index in [0.29, 0.717) is 38.7 Å². The van der Waals surface area contributed by atoms with E-state index < -0.39 is 35.2 Å². The lowest BCUT2D eigenvalue weighted by Crippen LogP contribution is -2.27. The van der Waals surface area contributed by atoms with E-state index in [9.17, 15) is 44.3 Å². The number of H-pyrrole nitrogens is 1. The number of ether oxygens (including phenoxy) is 1. The Balaban J connectivity index is 0.000000145.